The van der Waals surface area contributed by atoms with Crippen LogP contribution >= 0.6 is 0 Å². The molecule has 9 heteroatoms. The summed E-state index contributed by atoms with van der Waals surface area (Å²) < 4.78 is 49.9. The van der Waals surface area contributed by atoms with Crippen LogP contribution in [0.5, 0.6) is 5.75 Å². The molecule has 0 spiro atoms. The summed E-state index contributed by atoms with van der Waals surface area (Å²) in [5.74, 6) is 1.11. The normalized spacial score (nSPS) is 14.6. The number of hydrazone groups is 1. The molecule has 33 heavy (non-hydrogen) atoms. The Morgan fingerprint density at radius 3 is 2.55 bits per heavy atom. The summed E-state index contributed by atoms with van der Waals surface area (Å²) in [6.07, 6.45) is -2.42. The fourth-order valence-corrected chi connectivity index (χ4v) is 3.76. The van der Waals surface area contributed by atoms with Gasteiger partial charge in [-0.25, -0.2) is 0 Å². The lowest BCUT2D eigenvalue weighted by Crippen LogP contribution is -2.14. The van der Waals surface area contributed by atoms with Crippen LogP contribution in [0.4, 0.5) is 24.5 Å². The van der Waals surface area contributed by atoms with Crippen LogP contribution in [0.25, 0.3) is 0 Å². The van der Waals surface area contributed by atoms with Gasteiger partial charge in [-0.15, -0.1) is 0 Å². The number of nitrogens with zero attached hydrogens (tertiary/aromatic N) is 1. The van der Waals surface area contributed by atoms with E-state index in [0.717, 1.165) is 24.1 Å². The predicted octanol–water partition coefficient (Wildman–Crippen LogP) is 6.02. The van der Waals surface area contributed by atoms with Gasteiger partial charge in [0.05, 0.1) is 24.1 Å². The number of benzene rings is 2. The Balaban J connectivity index is 1.56. The maximum atomic E-state index is 13.0. The lowest BCUT2D eigenvalue weighted by Gasteiger charge is -2.14. The van der Waals surface area contributed by atoms with Crippen molar-refractivity contribution in [3.63, 3.8) is 0 Å². The molecule has 0 saturated carbocycles. The third-order valence-corrected chi connectivity index (χ3v) is 5.39. The maximum absolute atomic E-state index is 13.0. The monoisotopic (exact) mass is 457 g/mol. The summed E-state index contributed by atoms with van der Waals surface area (Å²) in [5, 5.41) is 7.15. The third kappa shape index (κ3) is 4.87. The first kappa shape index (κ1) is 22.4. The average molecular weight is 457 g/mol. The molecule has 0 fully saturated rings. The van der Waals surface area contributed by atoms with Gasteiger partial charge in [0.15, 0.2) is 5.76 Å². The number of carbonyl (C=O) groups excluding carboxylic acids is 1. The molecule has 0 radical (unpaired) electrons. The minimum absolute atomic E-state index is 0.185. The molecule has 0 atom stereocenters. The van der Waals surface area contributed by atoms with Crippen molar-refractivity contribution in [2.75, 3.05) is 17.9 Å². The first-order chi connectivity index (χ1) is 15.8. The Labute approximate surface area is 188 Å². The number of fused-ring (bicyclic) bond motifs is 1. The minimum Gasteiger partial charge on any atom is -0.497 e. The smallest absolute Gasteiger partial charge is 0.416 e. The number of nitrogens with one attached hydrogen (secondary N) is 2. The van der Waals surface area contributed by atoms with Crippen LogP contribution in [0.1, 0.15) is 45.8 Å². The fourth-order valence-electron chi connectivity index (χ4n) is 3.76. The Hall–Kier alpha value is -3.75. The lowest BCUT2D eigenvalue weighted by molar-refractivity contribution is -0.137. The molecule has 3 aromatic rings. The van der Waals surface area contributed by atoms with E-state index in [4.69, 9.17) is 9.15 Å². The summed E-state index contributed by atoms with van der Waals surface area (Å²) >= 11 is 0. The van der Waals surface area contributed by atoms with Crippen molar-refractivity contribution in [3.8, 4) is 5.75 Å². The molecule has 4 rings (SSSR count). The van der Waals surface area contributed by atoms with Crippen LogP contribution in [0.3, 0.4) is 0 Å². The Morgan fingerprint density at radius 2 is 1.85 bits per heavy atom. The predicted molar refractivity (Wildman–Crippen MR) is 119 cm³/mol. The van der Waals surface area contributed by atoms with Gasteiger partial charge in [0.1, 0.15) is 11.5 Å². The van der Waals surface area contributed by atoms with E-state index in [0.29, 0.717) is 41.3 Å². The largest absolute Gasteiger partial charge is 0.497 e. The zero-order chi connectivity index (χ0) is 23.6. The molecular formula is C24H22F3N3O3. The number of aryl methyl sites for hydroxylation is 1. The number of ether oxygens (including phenoxy) is 1. The molecule has 0 aliphatic heterocycles. The molecule has 1 aromatic heterocycles. The van der Waals surface area contributed by atoms with E-state index in [9.17, 15) is 18.0 Å². The van der Waals surface area contributed by atoms with Crippen molar-refractivity contribution in [2.24, 2.45) is 5.10 Å². The van der Waals surface area contributed by atoms with Crippen molar-refractivity contribution < 1.29 is 27.1 Å². The van der Waals surface area contributed by atoms with Gasteiger partial charge in [-0.05, 0) is 62.2 Å². The number of methoxy groups -OCH3 is 1. The first-order valence-corrected chi connectivity index (χ1v) is 10.3. The van der Waals surface area contributed by atoms with Crippen molar-refractivity contribution in [3.05, 3.63) is 76.7 Å². The van der Waals surface area contributed by atoms with E-state index in [1.165, 1.54) is 12.1 Å². The van der Waals surface area contributed by atoms with E-state index in [1.54, 1.807) is 38.3 Å². The summed E-state index contributed by atoms with van der Waals surface area (Å²) in [7, 11) is 1.56. The van der Waals surface area contributed by atoms with Gasteiger partial charge >= 0.3 is 6.18 Å². The topological polar surface area (TPSA) is 75.9 Å². The molecule has 0 saturated heterocycles. The van der Waals surface area contributed by atoms with Gasteiger partial charge in [0, 0.05) is 23.2 Å². The quantitative estimate of drug-likeness (QED) is 0.460. The molecule has 1 aliphatic carbocycles. The molecule has 2 aromatic carbocycles. The van der Waals surface area contributed by atoms with Gasteiger partial charge in [-0.1, -0.05) is 6.07 Å². The standard InChI is InChI=1S/C24H22F3N3O3/c1-14-21-19(30-29-17-6-3-5-15(13-17)24(25,26)27)7-4-8-20(21)33-22(14)23(31)28-16-9-11-18(32-2)12-10-16/h3,5-6,9-13,29H,4,7-8H2,1-2H3,(H,28,31)/b30-19+. The highest BCUT2D eigenvalue weighted by molar-refractivity contribution is 6.09. The number of hydrogen-bond acceptors (Lipinski definition) is 5. The van der Waals surface area contributed by atoms with Crippen LogP contribution in [-0.2, 0) is 12.6 Å². The van der Waals surface area contributed by atoms with E-state index >= 15 is 0 Å². The minimum atomic E-state index is -4.43. The molecule has 1 amide bonds. The summed E-state index contributed by atoms with van der Waals surface area (Å²) in [4.78, 5) is 12.8. The van der Waals surface area contributed by atoms with Crippen LogP contribution in [0.15, 0.2) is 58.0 Å². The third-order valence-electron chi connectivity index (χ3n) is 5.39. The van der Waals surface area contributed by atoms with Gasteiger partial charge in [-0.3, -0.25) is 10.2 Å². The number of rotatable bonds is 5. The van der Waals surface area contributed by atoms with Crippen LogP contribution < -0.4 is 15.5 Å². The van der Waals surface area contributed by atoms with Crippen LogP contribution in [0.2, 0.25) is 0 Å². The van der Waals surface area contributed by atoms with Gasteiger partial charge in [-0.2, -0.15) is 18.3 Å². The highest BCUT2D eigenvalue weighted by Crippen LogP contribution is 2.32. The highest BCUT2D eigenvalue weighted by Gasteiger charge is 2.31. The van der Waals surface area contributed by atoms with Crippen molar-refractivity contribution in [1.29, 1.82) is 0 Å². The van der Waals surface area contributed by atoms with Crippen molar-refractivity contribution in [2.45, 2.75) is 32.4 Å². The molecule has 6 nitrogen and oxygen atoms in total. The molecule has 172 valence electrons. The van der Waals surface area contributed by atoms with Gasteiger partial charge < -0.3 is 14.5 Å². The number of anilines is 2. The molecule has 1 heterocycles. The van der Waals surface area contributed by atoms with Gasteiger partial charge in [0.2, 0.25) is 0 Å². The number of alkyl halides is 3. The zero-order valence-electron chi connectivity index (χ0n) is 18.0. The molecule has 1 aliphatic rings. The molecule has 0 bridgehead atoms. The number of furan rings is 1. The molecule has 2 N–H and O–H groups in total. The molecular weight excluding hydrogens is 435 g/mol. The van der Waals surface area contributed by atoms with E-state index in [-0.39, 0.29) is 11.4 Å². The van der Waals surface area contributed by atoms with E-state index in [1.807, 2.05) is 0 Å². The first-order valence-electron chi connectivity index (χ1n) is 10.3. The Bertz CT molecular complexity index is 1200. The summed E-state index contributed by atoms with van der Waals surface area (Å²) in [6, 6.07) is 11.8. The average Bonchev–Trinajstić information content (AvgIpc) is 3.15. The number of carbonyl (C=O) groups is 1. The van der Waals surface area contributed by atoms with Crippen molar-refractivity contribution >= 4 is 23.0 Å². The molecule has 0 unspecified atom stereocenters. The Kier molecular flexibility index (Phi) is 6.13. The van der Waals surface area contributed by atoms with E-state index in [2.05, 4.69) is 15.8 Å². The maximum Gasteiger partial charge on any atom is 0.416 e. The lowest BCUT2D eigenvalue weighted by atomic mass is 9.93. The van der Waals surface area contributed by atoms with Crippen molar-refractivity contribution in [1.82, 2.24) is 0 Å². The van der Waals surface area contributed by atoms with Gasteiger partial charge in [0.25, 0.3) is 5.91 Å². The number of hydrogen-bond donors (Lipinski definition) is 2. The van der Waals surface area contributed by atoms with Crippen LogP contribution in [-0.4, -0.2) is 18.7 Å². The van der Waals surface area contributed by atoms with E-state index < -0.39 is 17.6 Å². The van der Waals surface area contributed by atoms with Crippen LogP contribution in [0, 0.1) is 6.92 Å². The number of amides is 1. The summed E-state index contributed by atoms with van der Waals surface area (Å²) in [6.45, 7) is 1.77. The second kappa shape index (κ2) is 9.01. The Morgan fingerprint density at radius 1 is 1.09 bits per heavy atom. The highest BCUT2D eigenvalue weighted by atomic mass is 19.4. The second-order valence-corrected chi connectivity index (χ2v) is 7.64. The number of halogens is 3. The second-order valence-electron chi connectivity index (χ2n) is 7.64. The fraction of sp³-hybridized carbons (Fsp3) is 0.250. The zero-order valence-corrected chi connectivity index (χ0v) is 18.0. The summed E-state index contributed by atoms with van der Waals surface area (Å²) in [5.41, 5.74) is 4.78. The SMILES string of the molecule is COc1ccc(NC(=O)c2oc3c(c2C)/C(=N/Nc2cccc(C(F)(F)F)c2)CCC3)cc1.